The van der Waals surface area contributed by atoms with E-state index in [1.54, 1.807) is 12.1 Å². The lowest BCUT2D eigenvalue weighted by Gasteiger charge is -2.19. The minimum absolute atomic E-state index is 0.296. The van der Waals surface area contributed by atoms with Gasteiger partial charge in [-0.25, -0.2) is 9.18 Å². The number of carbonyl (C=O) groups is 1. The van der Waals surface area contributed by atoms with Crippen LogP contribution in [0.4, 0.5) is 9.18 Å². The molecule has 2 aromatic rings. The van der Waals surface area contributed by atoms with E-state index < -0.39 is 11.7 Å². The second-order valence-corrected chi connectivity index (χ2v) is 6.38. The van der Waals surface area contributed by atoms with E-state index in [1.807, 2.05) is 45.0 Å². The molecule has 0 radical (unpaired) electrons. The van der Waals surface area contributed by atoms with Gasteiger partial charge in [0.05, 0.1) is 0 Å². The van der Waals surface area contributed by atoms with Gasteiger partial charge in [-0.1, -0.05) is 12.1 Å². The highest BCUT2D eigenvalue weighted by atomic mass is 19.1. The van der Waals surface area contributed by atoms with Crippen molar-refractivity contribution >= 4 is 6.09 Å². The summed E-state index contributed by atoms with van der Waals surface area (Å²) in [6.45, 7) is 5.97. The molecule has 0 aromatic heterocycles. The van der Waals surface area contributed by atoms with Gasteiger partial charge in [0, 0.05) is 6.54 Å². The highest BCUT2D eigenvalue weighted by Gasteiger charge is 2.15. The van der Waals surface area contributed by atoms with Gasteiger partial charge in [0.1, 0.15) is 22.9 Å². The fourth-order valence-corrected chi connectivity index (χ4v) is 1.99. The van der Waals surface area contributed by atoms with E-state index in [-0.39, 0.29) is 5.82 Å². The molecule has 0 spiro atoms. The van der Waals surface area contributed by atoms with Crippen LogP contribution in [0.25, 0.3) is 0 Å². The molecule has 0 saturated carbocycles. The second-order valence-electron chi connectivity index (χ2n) is 6.38. The van der Waals surface area contributed by atoms with E-state index in [9.17, 15) is 9.18 Å². The van der Waals surface area contributed by atoms with Crippen molar-refractivity contribution in [2.45, 2.75) is 32.8 Å². The third-order valence-corrected chi connectivity index (χ3v) is 3.05. The van der Waals surface area contributed by atoms with Crippen LogP contribution in [0.2, 0.25) is 0 Å². The summed E-state index contributed by atoms with van der Waals surface area (Å²) in [5, 5.41) is 2.72. The molecule has 0 aliphatic rings. The predicted octanol–water partition coefficient (Wildman–Crippen LogP) is 4.69. The first-order valence-electron chi connectivity index (χ1n) is 7.81. The molecule has 128 valence electrons. The zero-order valence-corrected chi connectivity index (χ0v) is 14.1. The molecule has 0 fully saturated rings. The lowest BCUT2D eigenvalue weighted by molar-refractivity contribution is 0.0528. The maximum absolute atomic E-state index is 12.9. The van der Waals surface area contributed by atoms with Gasteiger partial charge in [-0.2, -0.15) is 0 Å². The number of alkyl carbamates (subject to hydrolysis) is 1. The largest absolute Gasteiger partial charge is 0.457 e. The van der Waals surface area contributed by atoms with Crippen molar-refractivity contribution in [3.63, 3.8) is 0 Å². The first-order chi connectivity index (χ1) is 11.3. The van der Waals surface area contributed by atoms with Gasteiger partial charge in [-0.3, -0.25) is 0 Å². The minimum atomic E-state index is -0.497. The van der Waals surface area contributed by atoms with Crippen LogP contribution in [0.15, 0.2) is 48.5 Å². The Hall–Kier alpha value is -2.56. The van der Waals surface area contributed by atoms with Crippen LogP contribution in [0.5, 0.6) is 11.5 Å². The zero-order chi connectivity index (χ0) is 17.6. The maximum atomic E-state index is 12.9. The SMILES string of the molecule is CC(C)(C)OC(=O)NCCc1ccc(Oc2ccc(F)cc2)cc1. The van der Waals surface area contributed by atoms with Crippen molar-refractivity contribution in [1.29, 1.82) is 0 Å². The third-order valence-electron chi connectivity index (χ3n) is 3.05. The van der Waals surface area contributed by atoms with Gasteiger partial charge in [0.15, 0.2) is 0 Å². The molecule has 4 nitrogen and oxygen atoms in total. The van der Waals surface area contributed by atoms with Gasteiger partial charge >= 0.3 is 6.09 Å². The first-order valence-corrected chi connectivity index (χ1v) is 7.81. The summed E-state index contributed by atoms with van der Waals surface area (Å²) in [6.07, 6.45) is 0.273. The number of hydrogen-bond acceptors (Lipinski definition) is 3. The van der Waals surface area contributed by atoms with Gasteiger partial charge in [0.25, 0.3) is 0 Å². The maximum Gasteiger partial charge on any atom is 0.407 e. The van der Waals surface area contributed by atoms with Crippen LogP contribution in [-0.4, -0.2) is 18.2 Å². The van der Waals surface area contributed by atoms with E-state index in [2.05, 4.69) is 5.32 Å². The lowest BCUT2D eigenvalue weighted by atomic mass is 10.1. The Balaban J connectivity index is 1.79. The van der Waals surface area contributed by atoms with E-state index in [4.69, 9.17) is 9.47 Å². The fourth-order valence-electron chi connectivity index (χ4n) is 1.99. The molecular formula is C19H22FNO3. The average molecular weight is 331 g/mol. The normalized spacial score (nSPS) is 11.0. The molecule has 1 amide bonds. The van der Waals surface area contributed by atoms with Crippen molar-refractivity contribution < 1.29 is 18.7 Å². The second kappa shape index (κ2) is 7.81. The zero-order valence-electron chi connectivity index (χ0n) is 14.1. The summed E-state index contributed by atoms with van der Waals surface area (Å²) >= 11 is 0. The molecule has 0 aliphatic heterocycles. The number of nitrogens with one attached hydrogen (secondary N) is 1. The highest BCUT2D eigenvalue weighted by molar-refractivity contribution is 5.67. The van der Waals surface area contributed by atoms with E-state index in [0.717, 1.165) is 5.56 Å². The number of rotatable bonds is 5. The fraction of sp³-hybridized carbons (Fsp3) is 0.316. The van der Waals surface area contributed by atoms with Crippen LogP contribution in [0.1, 0.15) is 26.3 Å². The number of ether oxygens (including phenoxy) is 2. The lowest BCUT2D eigenvalue weighted by Crippen LogP contribution is -2.33. The standard InChI is InChI=1S/C19H22FNO3/c1-19(2,3)24-18(22)21-13-12-14-4-8-16(9-5-14)23-17-10-6-15(20)7-11-17/h4-11H,12-13H2,1-3H3,(H,21,22). The molecule has 1 N–H and O–H groups in total. The third kappa shape index (κ3) is 6.28. The van der Waals surface area contributed by atoms with Crippen molar-refractivity contribution in [3.8, 4) is 11.5 Å². The van der Waals surface area contributed by atoms with Crippen molar-refractivity contribution in [2.24, 2.45) is 0 Å². The molecule has 2 aromatic carbocycles. The van der Waals surface area contributed by atoms with Crippen LogP contribution in [0, 0.1) is 5.82 Å². The summed E-state index contributed by atoms with van der Waals surface area (Å²) in [6, 6.07) is 13.4. The molecular weight excluding hydrogens is 309 g/mol. The molecule has 0 atom stereocenters. The minimum Gasteiger partial charge on any atom is -0.457 e. The summed E-state index contributed by atoms with van der Waals surface area (Å²) in [5.41, 5.74) is 0.571. The number of halogens is 1. The van der Waals surface area contributed by atoms with Crippen molar-refractivity contribution in [3.05, 3.63) is 59.9 Å². The van der Waals surface area contributed by atoms with Crippen LogP contribution < -0.4 is 10.1 Å². The molecule has 0 heterocycles. The van der Waals surface area contributed by atoms with Gasteiger partial charge in [0.2, 0.25) is 0 Å². The van der Waals surface area contributed by atoms with Gasteiger partial charge in [-0.15, -0.1) is 0 Å². The molecule has 0 saturated heterocycles. The van der Waals surface area contributed by atoms with Gasteiger partial charge in [-0.05, 0) is 69.2 Å². The molecule has 2 rings (SSSR count). The Morgan fingerprint density at radius 2 is 1.54 bits per heavy atom. The van der Waals surface area contributed by atoms with Crippen molar-refractivity contribution in [1.82, 2.24) is 5.32 Å². The summed E-state index contributed by atoms with van der Waals surface area (Å²) in [4.78, 5) is 11.6. The Bertz CT molecular complexity index is 661. The van der Waals surface area contributed by atoms with E-state index in [1.165, 1.54) is 12.1 Å². The van der Waals surface area contributed by atoms with E-state index in [0.29, 0.717) is 24.5 Å². The molecule has 0 unspecified atom stereocenters. The van der Waals surface area contributed by atoms with E-state index >= 15 is 0 Å². The first kappa shape index (κ1) is 17.8. The molecule has 24 heavy (non-hydrogen) atoms. The summed E-state index contributed by atoms with van der Waals surface area (Å²) < 4.78 is 23.7. The average Bonchev–Trinajstić information content (AvgIpc) is 2.49. The Labute approximate surface area is 141 Å². The highest BCUT2D eigenvalue weighted by Crippen LogP contribution is 2.21. The molecule has 0 aliphatic carbocycles. The Kier molecular flexibility index (Phi) is 5.79. The predicted molar refractivity (Wildman–Crippen MR) is 90.9 cm³/mol. The summed E-state index contributed by atoms with van der Waals surface area (Å²) in [7, 11) is 0. The quantitative estimate of drug-likeness (QED) is 0.865. The van der Waals surface area contributed by atoms with Crippen LogP contribution >= 0.6 is 0 Å². The van der Waals surface area contributed by atoms with Crippen molar-refractivity contribution in [2.75, 3.05) is 6.54 Å². The number of carbonyl (C=O) groups excluding carboxylic acids is 1. The molecule has 0 bridgehead atoms. The number of amides is 1. The Morgan fingerprint density at radius 3 is 2.08 bits per heavy atom. The van der Waals surface area contributed by atoms with Crippen LogP contribution in [0.3, 0.4) is 0 Å². The van der Waals surface area contributed by atoms with Gasteiger partial charge < -0.3 is 14.8 Å². The van der Waals surface area contributed by atoms with Crippen LogP contribution in [-0.2, 0) is 11.2 Å². The Morgan fingerprint density at radius 1 is 1.00 bits per heavy atom. The smallest absolute Gasteiger partial charge is 0.407 e. The summed E-state index contributed by atoms with van der Waals surface area (Å²) in [5.74, 6) is 0.955. The monoisotopic (exact) mass is 331 g/mol. The molecule has 5 heteroatoms. The number of benzene rings is 2. The topological polar surface area (TPSA) is 47.6 Å². The number of hydrogen-bond donors (Lipinski definition) is 1.